The van der Waals surface area contributed by atoms with E-state index in [1.807, 2.05) is 13.2 Å². The Bertz CT molecular complexity index is 395. The monoisotopic (exact) mass is 190 g/mol. The van der Waals surface area contributed by atoms with E-state index in [9.17, 15) is 0 Å². The second-order valence-electron chi connectivity index (χ2n) is 2.78. The van der Waals surface area contributed by atoms with Crippen molar-refractivity contribution in [2.75, 3.05) is 7.05 Å². The smallest absolute Gasteiger partial charge is 0.115 e. The molecule has 0 aromatic carbocycles. The molecule has 0 fully saturated rings. The van der Waals surface area contributed by atoms with Crippen molar-refractivity contribution in [3.63, 3.8) is 0 Å². The van der Waals surface area contributed by atoms with Crippen molar-refractivity contribution in [1.82, 2.24) is 30.3 Å². The van der Waals surface area contributed by atoms with E-state index in [1.54, 1.807) is 17.1 Å². The van der Waals surface area contributed by atoms with Gasteiger partial charge in [-0.15, -0.1) is 5.10 Å². The predicted octanol–water partition coefficient (Wildman–Crippen LogP) is -0.223. The molecule has 14 heavy (non-hydrogen) atoms. The van der Waals surface area contributed by atoms with Crippen LogP contribution in [0.25, 0.3) is 5.69 Å². The Balaban J connectivity index is 2.25. The molecule has 0 aliphatic carbocycles. The van der Waals surface area contributed by atoms with Crippen LogP contribution in [0.4, 0.5) is 0 Å². The average Bonchev–Trinajstić information content (AvgIpc) is 2.68. The molecule has 72 valence electrons. The third-order valence-corrected chi connectivity index (χ3v) is 1.71. The van der Waals surface area contributed by atoms with E-state index in [1.165, 1.54) is 6.33 Å². The Labute approximate surface area is 81.0 Å². The van der Waals surface area contributed by atoms with Crippen LogP contribution < -0.4 is 5.32 Å². The first-order chi connectivity index (χ1) is 6.90. The molecule has 0 aliphatic rings. The number of nitrogens with zero attached hydrogens (tertiary/aromatic N) is 5. The highest BCUT2D eigenvalue weighted by molar-refractivity contribution is 5.22. The van der Waals surface area contributed by atoms with Gasteiger partial charge in [0.05, 0.1) is 24.3 Å². The molecule has 0 spiro atoms. The largest absolute Gasteiger partial charge is 0.314 e. The van der Waals surface area contributed by atoms with Crippen molar-refractivity contribution in [2.45, 2.75) is 6.54 Å². The SMILES string of the molecule is CNCc1cn(-c2cncnc2)nn1. The highest BCUT2D eigenvalue weighted by atomic mass is 15.4. The minimum atomic E-state index is 0.702. The molecule has 0 amide bonds. The van der Waals surface area contributed by atoms with E-state index < -0.39 is 0 Å². The van der Waals surface area contributed by atoms with E-state index in [0.29, 0.717) is 6.54 Å². The number of aromatic nitrogens is 5. The van der Waals surface area contributed by atoms with Crippen LogP contribution in [0.5, 0.6) is 0 Å². The summed E-state index contributed by atoms with van der Waals surface area (Å²) in [6, 6.07) is 0. The molecule has 2 heterocycles. The standard InChI is InChI=1S/C8H10N6/c1-9-2-7-5-14(13-12-7)8-3-10-6-11-4-8/h3-6,9H,2H2,1H3. The molecule has 0 saturated heterocycles. The summed E-state index contributed by atoms with van der Waals surface area (Å²) in [6.45, 7) is 0.702. The molecule has 0 saturated carbocycles. The average molecular weight is 190 g/mol. The van der Waals surface area contributed by atoms with Crippen LogP contribution >= 0.6 is 0 Å². The van der Waals surface area contributed by atoms with Gasteiger partial charge in [0.2, 0.25) is 0 Å². The number of rotatable bonds is 3. The van der Waals surface area contributed by atoms with Gasteiger partial charge in [0.25, 0.3) is 0 Å². The third kappa shape index (κ3) is 1.74. The molecule has 2 rings (SSSR count). The zero-order valence-corrected chi connectivity index (χ0v) is 7.75. The Morgan fingerprint density at radius 1 is 1.36 bits per heavy atom. The summed E-state index contributed by atoms with van der Waals surface area (Å²) in [5.74, 6) is 0. The summed E-state index contributed by atoms with van der Waals surface area (Å²) in [4.78, 5) is 7.80. The van der Waals surface area contributed by atoms with Gasteiger partial charge in [0, 0.05) is 6.54 Å². The van der Waals surface area contributed by atoms with Crippen molar-refractivity contribution in [2.24, 2.45) is 0 Å². The Kier molecular flexibility index (Phi) is 2.46. The topological polar surface area (TPSA) is 68.5 Å². The Hall–Kier alpha value is -1.82. The summed E-state index contributed by atoms with van der Waals surface area (Å²) in [6.07, 6.45) is 6.69. The van der Waals surface area contributed by atoms with E-state index in [2.05, 4.69) is 25.6 Å². The number of nitrogens with one attached hydrogen (secondary N) is 1. The maximum atomic E-state index is 3.98. The lowest BCUT2D eigenvalue weighted by Gasteiger charge is -1.95. The van der Waals surface area contributed by atoms with Crippen molar-refractivity contribution in [3.8, 4) is 5.69 Å². The Morgan fingerprint density at radius 3 is 2.86 bits per heavy atom. The number of hydrogen-bond acceptors (Lipinski definition) is 5. The molecule has 0 aliphatic heterocycles. The highest BCUT2D eigenvalue weighted by Gasteiger charge is 2.01. The summed E-state index contributed by atoms with van der Waals surface area (Å²) >= 11 is 0. The first-order valence-corrected chi connectivity index (χ1v) is 4.21. The van der Waals surface area contributed by atoms with Crippen molar-refractivity contribution in [3.05, 3.63) is 30.6 Å². The van der Waals surface area contributed by atoms with Gasteiger partial charge in [0.1, 0.15) is 12.0 Å². The molecule has 0 radical (unpaired) electrons. The molecule has 0 unspecified atom stereocenters. The van der Waals surface area contributed by atoms with Gasteiger partial charge in [-0.25, -0.2) is 14.6 Å². The lowest BCUT2D eigenvalue weighted by Crippen LogP contribution is -2.05. The first kappa shape index (κ1) is 8.76. The molecule has 6 nitrogen and oxygen atoms in total. The van der Waals surface area contributed by atoms with Gasteiger partial charge in [-0.05, 0) is 7.05 Å². The van der Waals surface area contributed by atoms with E-state index in [-0.39, 0.29) is 0 Å². The van der Waals surface area contributed by atoms with Gasteiger partial charge in [-0.2, -0.15) is 0 Å². The minimum absolute atomic E-state index is 0.702. The predicted molar refractivity (Wildman–Crippen MR) is 49.7 cm³/mol. The van der Waals surface area contributed by atoms with Crippen molar-refractivity contribution >= 4 is 0 Å². The van der Waals surface area contributed by atoms with Gasteiger partial charge in [0.15, 0.2) is 0 Å². The fraction of sp³-hybridized carbons (Fsp3) is 0.250. The van der Waals surface area contributed by atoms with Crippen molar-refractivity contribution < 1.29 is 0 Å². The van der Waals surface area contributed by atoms with Crippen LogP contribution in [0, 0.1) is 0 Å². The quantitative estimate of drug-likeness (QED) is 0.724. The third-order valence-electron chi connectivity index (χ3n) is 1.71. The van der Waals surface area contributed by atoms with E-state index >= 15 is 0 Å². The lowest BCUT2D eigenvalue weighted by molar-refractivity contribution is 0.764. The molecule has 0 bridgehead atoms. The lowest BCUT2D eigenvalue weighted by atomic mass is 10.4. The second-order valence-corrected chi connectivity index (χ2v) is 2.78. The van der Waals surface area contributed by atoms with E-state index in [4.69, 9.17) is 0 Å². The molecule has 6 heteroatoms. The zero-order chi connectivity index (χ0) is 9.80. The molecule has 2 aromatic rings. The fourth-order valence-corrected chi connectivity index (χ4v) is 1.10. The molecular formula is C8H10N6. The zero-order valence-electron chi connectivity index (χ0n) is 7.75. The van der Waals surface area contributed by atoms with Gasteiger partial charge in [-0.3, -0.25) is 0 Å². The first-order valence-electron chi connectivity index (χ1n) is 4.21. The highest BCUT2D eigenvalue weighted by Crippen LogP contribution is 2.01. The van der Waals surface area contributed by atoms with Gasteiger partial charge >= 0.3 is 0 Å². The summed E-state index contributed by atoms with van der Waals surface area (Å²) in [5, 5.41) is 10.9. The maximum Gasteiger partial charge on any atom is 0.115 e. The summed E-state index contributed by atoms with van der Waals surface area (Å²) in [7, 11) is 1.87. The molecule has 2 aromatic heterocycles. The van der Waals surface area contributed by atoms with Crippen LogP contribution in [0.3, 0.4) is 0 Å². The van der Waals surface area contributed by atoms with Gasteiger partial charge < -0.3 is 5.32 Å². The minimum Gasteiger partial charge on any atom is -0.314 e. The number of hydrogen-bond donors (Lipinski definition) is 1. The van der Waals surface area contributed by atoms with Crippen LogP contribution in [-0.2, 0) is 6.54 Å². The van der Waals surface area contributed by atoms with Crippen LogP contribution in [0.1, 0.15) is 5.69 Å². The Morgan fingerprint density at radius 2 is 2.14 bits per heavy atom. The van der Waals surface area contributed by atoms with Crippen molar-refractivity contribution in [1.29, 1.82) is 0 Å². The second kappa shape index (κ2) is 3.93. The molecule has 0 atom stereocenters. The van der Waals surface area contributed by atoms with Gasteiger partial charge in [-0.1, -0.05) is 5.21 Å². The summed E-state index contributed by atoms with van der Waals surface area (Å²) < 4.78 is 1.65. The maximum absolute atomic E-state index is 3.98. The fourth-order valence-electron chi connectivity index (χ4n) is 1.10. The molecular weight excluding hydrogens is 180 g/mol. The van der Waals surface area contributed by atoms with Crippen LogP contribution in [0.2, 0.25) is 0 Å². The molecule has 1 N–H and O–H groups in total. The van der Waals surface area contributed by atoms with E-state index in [0.717, 1.165) is 11.4 Å². The normalized spacial score (nSPS) is 10.4. The van der Waals surface area contributed by atoms with Crippen LogP contribution in [0.15, 0.2) is 24.9 Å². The van der Waals surface area contributed by atoms with Crippen LogP contribution in [-0.4, -0.2) is 32.0 Å². The summed E-state index contributed by atoms with van der Waals surface area (Å²) in [5.41, 5.74) is 1.69.